The van der Waals surface area contributed by atoms with Gasteiger partial charge in [-0.3, -0.25) is 19.2 Å². The number of hydrogen-bond acceptors (Lipinski definition) is 5. The van der Waals surface area contributed by atoms with E-state index >= 15 is 0 Å². The van der Waals surface area contributed by atoms with E-state index in [9.17, 15) is 14.0 Å². The smallest absolute Gasteiger partial charge is 0.264 e. The molecule has 0 spiro atoms. The molecule has 0 aliphatic carbocycles. The summed E-state index contributed by atoms with van der Waals surface area (Å²) in [7, 11) is 0. The highest BCUT2D eigenvalue weighted by Gasteiger charge is 2.28. The summed E-state index contributed by atoms with van der Waals surface area (Å²) in [6.07, 6.45) is 3.38. The third-order valence-corrected chi connectivity index (χ3v) is 8.34. The molecular weight excluding hydrogens is 465 g/mol. The van der Waals surface area contributed by atoms with E-state index in [4.69, 9.17) is 0 Å². The Labute approximate surface area is 209 Å². The van der Waals surface area contributed by atoms with Gasteiger partial charge < -0.3 is 9.80 Å². The first-order valence-electron chi connectivity index (χ1n) is 12.4. The number of likely N-dealkylation sites (tertiary alicyclic amines) is 1. The molecule has 9 heteroatoms. The van der Waals surface area contributed by atoms with Crippen LogP contribution < -0.4 is 0 Å². The van der Waals surface area contributed by atoms with Crippen molar-refractivity contribution in [1.82, 2.24) is 24.5 Å². The Balaban J connectivity index is 1.21. The molecule has 1 aromatic carbocycles. The zero-order chi connectivity index (χ0) is 24.5. The average Bonchev–Trinajstić information content (AvgIpc) is 3.42. The standard InChI is InChI=1S/C26H32FN5O2S/c1-18-5-3-4-10-31(18)24(33)17-29-11-13-30(14-12-29)25(34)23-15-22-19(2)28-32(26(22)35-23)16-20-6-8-21(27)9-7-20/h6-9,15,18H,3-5,10-14,16-17H2,1-2H3. The van der Waals surface area contributed by atoms with Gasteiger partial charge in [0.15, 0.2) is 0 Å². The molecule has 2 aliphatic rings. The van der Waals surface area contributed by atoms with Gasteiger partial charge in [0.05, 0.1) is 23.7 Å². The molecule has 2 saturated heterocycles. The number of halogens is 1. The first kappa shape index (κ1) is 23.9. The van der Waals surface area contributed by atoms with Crippen LogP contribution in [0, 0.1) is 12.7 Å². The number of piperazine rings is 1. The fourth-order valence-electron chi connectivity index (χ4n) is 5.10. The van der Waals surface area contributed by atoms with Crippen LogP contribution in [0.5, 0.6) is 0 Å². The van der Waals surface area contributed by atoms with E-state index in [2.05, 4.69) is 16.9 Å². The van der Waals surface area contributed by atoms with Gasteiger partial charge in [0, 0.05) is 44.2 Å². The number of piperidine rings is 1. The van der Waals surface area contributed by atoms with E-state index in [1.165, 1.54) is 29.9 Å². The maximum absolute atomic E-state index is 13.3. The lowest BCUT2D eigenvalue weighted by Crippen LogP contribution is -2.53. The summed E-state index contributed by atoms with van der Waals surface area (Å²) in [5.74, 6) is -0.0118. The van der Waals surface area contributed by atoms with Gasteiger partial charge in [-0.1, -0.05) is 12.1 Å². The number of hydrogen-bond donors (Lipinski definition) is 0. The van der Waals surface area contributed by atoms with Gasteiger partial charge in [-0.15, -0.1) is 11.3 Å². The molecule has 0 radical (unpaired) electrons. The van der Waals surface area contributed by atoms with Crippen molar-refractivity contribution in [1.29, 1.82) is 0 Å². The summed E-state index contributed by atoms with van der Waals surface area (Å²) < 4.78 is 15.1. The molecule has 7 nitrogen and oxygen atoms in total. The van der Waals surface area contributed by atoms with Crippen molar-refractivity contribution < 1.29 is 14.0 Å². The lowest BCUT2D eigenvalue weighted by molar-refractivity contribution is -0.136. The highest BCUT2D eigenvalue weighted by Crippen LogP contribution is 2.30. The lowest BCUT2D eigenvalue weighted by Gasteiger charge is -2.38. The number of carbonyl (C=O) groups is 2. The fraction of sp³-hybridized carbons (Fsp3) is 0.500. The minimum Gasteiger partial charge on any atom is -0.339 e. The van der Waals surface area contributed by atoms with E-state index in [1.54, 1.807) is 12.1 Å². The highest BCUT2D eigenvalue weighted by atomic mass is 32.1. The molecule has 186 valence electrons. The molecule has 2 aliphatic heterocycles. The van der Waals surface area contributed by atoms with Crippen LogP contribution in [0.25, 0.3) is 10.2 Å². The first-order chi connectivity index (χ1) is 16.9. The Bertz CT molecular complexity index is 1210. The maximum atomic E-state index is 13.3. The number of aryl methyl sites for hydroxylation is 1. The maximum Gasteiger partial charge on any atom is 0.264 e. The van der Waals surface area contributed by atoms with Gasteiger partial charge in [0.1, 0.15) is 10.6 Å². The molecular formula is C26H32FN5O2S. The molecule has 1 unspecified atom stereocenters. The van der Waals surface area contributed by atoms with Crippen molar-refractivity contribution in [2.45, 2.75) is 45.7 Å². The predicted octanol–water partition coefficient (Wildman–Crippen LogP) is 3.75. The van der Waals surface area contributed by atoms with Crippen LogP contribution >= 0.6 is 11.3 Å². The molecule has 5 rings (SSSR count). The van der Waals surface area contributed by atoms with Crippen LogP contribution in [0.2, 0.25) is 0 Å². The summed E-state index contributed by atoms with van der Waals surface area (Å²) >= 11 is 1.46. The van der Waals surface area contributed by atoms with E-state index in [0.717, 1.165) is 40.9 Å². The number of rotatable bonds is 5. The summed E-state index contributed by atoms with van der Waals surface area (Å²) in [5.41, 5.74) is 1.84. The first-order valence-corrected chi connectivity index (χ1v) is 13.2. The molecule has 2 aromatic heterocycles. The lowest BCUT2D eigenvalue weighted by atomic mass is 10.0. The van der Waals surface area contributed by atoms with Crippen LogP contribution in [-0.4, -0.2) is 81.6 Å². The molecule has 2 amide bonds. The Morgan fingerprint density at radius 1 is 1.09 bits per heavy atom. The molecule has 1 atom stereocenters. The number of nitrogens with zero attached hydrogens (tertiary/aromatic N) is 5. The minimum absolute atomic E-state index is 0.0366. The van der Waals surface area contributed by atoms with Crippen molar-refractivity contribution in [3.05, 3.63) is 52.3 Å². The summed E-state index contributed by atoms with van der Waals surface area (Å²) in [6, 6.07) is 8.69. The van der Waals surface area contributed by atoms with Crippen LogP contribution in [0.4, 0.5) is 4.39 Å². The summed E-state index contributed by atoms with van der Waals surface area (Å²) in [6.45, 7) is 8.58. The second-order valence-electron chi connectivity index (χ2n) is 9.70. The Morgan fingerprint density at radius 3 is 2.54 bits per heavy atom. The highest BCUT2D eigenvalue weighted by molar-refractivity contribution is 7.20. The van der Waals surface area contributed by atoms with Crippen LogP contribution in [-0.2, 0) is 11.3 Å². The molecule has 3 aromatic rings. The van der Waals surface area contributed by atoms with Crippen LogP contribution in [0.1, 0.15) is 47.1 Å². The Kier molecular flexibility index (Phi) is 6.88. The molecule has 0 N–H and O–H groups in total. The molecule has 2 fully saturated rings. The quantitative estimate of drug-likeness (QED) is 0.539. The van der Waals surface area contributed by atoms with Crippen molar-refractivity contribution in [2.75, 3.05) is 39.3 Å². The van der Waals surface area contributed by atoms with Gasteiger partial charge in [0.25, 0.3) is 5.91 Å². The number of benzene rings is 1. The summed E-state index contributed by atoms with van der Waals surface area (Å²) in [4.78, 5) is 33.8. The Morgan fingerprint density at radius 2 is 1.83 bits per heavy atom. The van der Waals surface area contributed by atoms with E-state index in [1.807, 2.05) is 27.5 Å². The van der Waals surface area contributed by atoms with E-state index in [-0.39, 0.29) is 17.6 Å². The number of thiophene rings is 1. The normalized spacial score (nSPS) is 19.5. The van der Waals surface area contributed by atoms with Crippen molar-refractivity contribution in [3.8, 4) is 0 Å². The van der Waals surface area contributed by atoms with Crippen LogP contribution in [0.15, 0.2) is 30.3 Å². The van der Waals surface area contributed by atoms with Gasteiger partial charge in [-0.05, 0) is 56.9 Å². The fourth-order valence-corrected chi connectivity index (χ4v) is 6.23. The third kappa shape index (κ3) is 5.11. The van der Waals surface area contributed by atoms with Crippen molar-refractivity contribution in [3.63, 3.8) is 0 Å². The van der Waals surface area contributed by atoms with Gasteiger partial charge in [-0.25, -0.2) is 4.39 Å². The van der Waals surface area contributed by atoms with Crippen molar-refractivity contribution in [2.24, 2.45) is 0 Å². The average molecular weight is 498 g/mol. The molecule has 0 saturated carbocycles. The largest absolute Gasteiger partial charge is 0.339 e. The van der Waals surface area contributed by atoms with Gasteiger partial charge in [-0.2, -0.15) is 5.10 Å². The molecule has 35 heavy (non-hydrogen) atoms. The topological polar surface area (TPSA) is 61.7 Å². The minimum atomic E-state index is -0.259. The third-order valence-electron chi connectivity index (χ3n) is 7.21. The zero-order valence-electron chi connectivity index (χ0n) is 20.4. The SMILES string of the molecule is Cc1nn(Cc2ccc(F)cc2)c2sc(C(=O)N3CCN(CC(=O)N4CCCCC4C)CC3)cc12. The number of fused-ring (bicyclic) bond motifs is 1. The number of amides is 2. The van der Waals surface area contributed by atoms with Gasteiger partial charge in [0.2, 0.25) is 5.91 Å². The zero-order valence-corrected chi connectivity index (χ0v) is 21.2. The summed E-state index contributed by atoms with van der Waals surface area (Å²) in [5, 5.41) is 5.61. The number of aromatic nitrogens is 2. The van der Waals surface area contributed by atoms with Gasteiger partial charge >= 0.3 is 0 Å². The molecule has 0 bridgehead atoms. The van der Waals surface area contributed by atoms with Crippen LogP contribution in [0.3, 0.4) is 0 Å². The van der Waals surface area contributed by atoms with E-state index in [0.29, 0.717) is 50.2 Å². The molecule has 4 heterocycles. The number of carbonyl (C=O) groups excluding carboxylic acids is 2. The Hall–Kier alpha value is -2.78. The predicted molar refractivity (Wildman–Crippen MR) is 135 cm³/mol. The van der Waals surface area contributed by atoms with Crippen molar-refractivity contribution >= 4 is 33.4 Å². The second-order valence-corrected chi connectivity index (χ2v) is 10.7. The second kappa shape index (κ2) is 10.1. The van der Waals surface area contributed by atoms with E-state index < -0.39 is 0 Å². The monoisotopic (exact) mass is 497 g/mol.